The zero-order chi connectivity index (χ0) is 24.5. The largest absolute Gasteiger partial charge is 0.490 e. The number of benzene rings is 1. The average molecular weight is 483 g/mol. The van der Waals surface area contributed by atoms with Gasteiger partial charge >= 0.3 is 0 Å². The summed E-state index contributed by atoms with van der Waals surface area (Å²) in [6.45, 7) is 4.85. The number of hydrogen-bond acceptors (Lipinski definition) is 7. The van der Waals surface area contributed by atoms with Gasteiger partial charge in [-0.25, -0.2) is 0 Å². The number of methoxy groups -OCH3 is 1. The van der Waals surface area contributed by atoms with Crippen LogP contribution in [0.3, 0.4) is 0 Å². The number of unbranched alkanes of at least 4 members (excludes halogenated alkanes) is 1. The van der Waals surface area contributed by atoms with Gasteiger partial charge in [0.15, 0.2) is 0 Å². The fraction of sp³-hybridized carbons (Fsp3) is 0.643. The Balaban J connectivity index is 1.43. The quantitative estimate of drug-likeness (QED) is 0.442. The topological polar surface area (TPSA) is 68.7 Å². The van der Waals surface area contributed by atoms with Crippen molar-refractivity contribution in [3.63, 3.8) is 0 Å². The van der Waals surface area contributed by atoms with Crippen molar-refractivity contribution in [1.29, 1.82) is 0 Å². The van der Waals surface area contributed by atoms with Crippen LogP contribution in [0, 0.1) is 0 Å². The van der Waals surface area contributed by atoms with Crippen LogP contribution in [0.15, 0.2) is 30.3 Å². The molecule has 1 aromatic carbocycles. The zero-order valence-electron chi connectivity index (χ0n) is 21.7. The predicted molar refractivity (Wildman–Crippen MR) is 139 cm³/mol. The number of piperidine rings is 1. The highest BCUT2D eigenvalue weighted by atomic mass is 16.7. The van der Waals surface area contributed by atoms with Crippen LogP contribution in [-0.4, -0.2) is 60.6 Å². The van der Waals surface area contributed by atoms with Crippen molar-refractivity contribution in [1.82, 2.24) is 20.6 Å². The Morgan fingerprint density at radius 2 is 1.80 bits per heavy atom. The number of nitrogens with zero attached hydrogens (tertiary/aromatic N) is 3. The maximum Gasteiger partial charge on any atom is 0.257 e. The molecule has 4 rings (SSSR count). The van der Waals surface area contributed by atoms with Gasteiger partial charge in [-0.05, 0) is 76.1 Å². The Labute approximate surface area is 210 Å². The van der Waals surface area contributed by atoms with Crippen LogP contribution in [0.1, 0.15) is 70.4 Å². The maximum atomic E-state index is 6.22. The molecule has 2 heterocycles. The van der Waals surface area contributed by atoms with Crippen molar-refractivity contribution in [2.24, 2.45) is 0 Å². The van der Waals surface area contributed by atoms with Crippen LogP contribution in [0.4, 0.5) is 0 Å². The van der Waals surface area contributed by atoms with Crippen molar-refractivity contribution >= 4 is 0 Å². The zero-order valence-corrected chi connectivity index (χ0v) is 21.7. The molecular weight excluding hydrogens is 440 g/mol. The van der Waals surface area contributed by atoms with Gasteiger partial charge in [0.2, 0.25) is 0 Å². The Morgan fingerprint density at radius 1 is 1.06 bits per heavy atom. The SMILES string of the molecule is CCCCc1nnc(ONCC2(OC)CCN(C)CC2)cc1-c1ccc(OC2CCCCC2)cc1. The molecule has 0 radical (unpaired) electrons. The summed E-state index contributed by atoms with van der Waals surface area (Å²) in [4.78, 5) is 8.20. The molecule has 0 amide bonds. The molecule has 192 valence electrons. The molecule has 1 aromatic heterocycles. The van der Waals surface area contributed by atoms with Crippen LogP contribution >= 0.6 is 0 Å². The molecule has 0 spiro atoms. The molecule has 2 fully saturated rings. The van der Waals surface area contributed by atoms with Gasteiger partial charge < -0.3 is 19.2 Å². The number of aryl methyl sites for hydroxylation is 1. The van der Waals surface area contributed by atoms with E-state index in [0.29, 0.717) is 18.5 Å². The first-order valence-corrected chi connectivity index (χ1v) is 13.4. The van der Waals surface area contributed by atoms with Crippen LogP contribution < -0.4 is 15.1 Å². The number of aromatic nitrogens is 2. The van der Waals surface area contributed by atoms with E-state index >= 15 is 0 Å². The Hall–Kier alpha value is -2.22. The second-order valence-electron chi connectivity index (χ2n) is 10.2. The average Bonchev–Trinajstić information content (AvgIpc) is 2.90. The standard InChI is InChI=1S/C28H42N4O3/c1-4-5-11-26-25(22-12-14-24(15-13-22)34-23-9-7-6-8-10-23)20-27(31-30-26)35-29-21-28(33-3)16-18-32(2)19-17-28/h12-15,20,23,29H,4-11,16-19,21H2,1-3H3. The normalized spacial score (nSPS) is 18.9. The second-order valence-corrected chi connectivity index (χ2v) is 10.2. The summed E-state index contributed by atoms with van der Waals surface area (Å²) >= 11 is 0. The molecule has 1 N–H and O–H groups in total. The van der Waals surface area contributed by atoms with Gasteiger partial charge in [-0.15, -0.1) is 5.10 Å². The Morgan fingerprint density at radius 3 is 2.49 bits per heavy atom. The molecule has 2 aromatic rings. The van der Waals surface area contributed by atoms with Gasteiger partial charge in [0.05, 0.1) is 23.9 Å². The van der Waals surface area contributed by atoms with Gasteiger partial charge in [0.1, 0.15) is 5.75 Å². The van der Waals surface area contributed by atoms with E-state index in [1.165, 1.54) is 19.3 Å². The fourth-order valence-corrected chi connectivity index (χ4v) is 5.04. The lowest BCUT2D eigenvalue weighted by atomic mass is 9.91. The first-order chi connectivity index (χ1) is 17.1. The van der Waals surface area contributed by atoms with Gasteiger partial charge in [-0.2, -0.15) is 10.6 Å². The van der Waals surface area contributed by atoms with Gasteiger partial charge in [0, 0.05) is 31.8 Å². The highest BCUT2D eigenvalue weighted by Crippen LogP contribution is 2.30. The molecule has 1 saturated heterocycles. The molecule has 0 unspecified atom stereocenters. The summed E-state index contributed by atoms with van der Waals surface area (Å²) in [5.41, 5.74) is 6.07. The summed E-state index contributed by atoms with van der Waals surface area (Å²) < 4.78 is 12.1. The molecule has 0 bridgehead atoms. The highest BCUT2D eigenvalue weighted by Gasteiger charge is 2.33. The van der Waals surface area contributed by atoms with Crippen molar-refractivity contribution in [2.45, 2.75) is 82.8 Å². The first-order valence-electron chi connectivity index (χ1n) is 13.4. The molecular formula is C28H42N4O3. The minimum atomic E-state index is -0.210. The number of nitrogens with one attached hydrogen (secondary N) is 1. The molecule has 1 aliphatic heterocycles. The Bertz CT molecular complexity index is 907. The number of ether oxygens (including phenoxy) is 2. The van der Waals surface area contributed by atoms with Crippen molar-refractivity contribution in [3.8, 4) is 22.8 Å². The number of hydroxylamine groups is 1. The van der Waals surface area contributed by atoms with E-state index in [4.69, 9.17) is 14.3 Å². The number of rotatable bonds is 11. The molecule has 7 heteroatoms. The molecule has 1 saturated carbocycles. The Kier molecular flexibility index (Phi) is 9.35. The second kappa shape index (κ2) is 12.7. The molecule has 2 aliphatic rings. The van der Waals surface area contributed by atoms with Gasteiger partial charge in [0.25, 0.3) is 5.88 Å². The molecule has 35 heavy (non-hydrogen) atoms. The van der Waals surface area contributed by atoms with E-state index < -0.39 is 0 Å². The van der Waals surface area contributed by atoms with E-state index in [1.807, 2.05) is 6.07 Å². The van der Waals surface area contributed by atoms with Crippen LogP contribution in [0.25, 0.3) is 11.1 Å². The van der Waals surface area contributed by atoms with Gasteiger partial charge in [-0.1, -0.05) is 31.9 Å². The van der Waals surface area contributed by atoms with Crippen molar-refractivity contribution in [2.75, 3.05) is 33.8 Å². The lowest BCUT2D eigenvalue weighted by Gasteiger charge is -2.39. The van der Waals surface area contributed by atoms with Crippen LogP contribution in [0.5, 0.6) is 11.6 Å². The predicted octanol–water partition coefficient (Wildman–Crippen LogP) is 5.19. The van der Waals surface area contributed by atoms with E-state index in [-0.39, 0.29) is 5.60 Å². The number of hydrogen-bond donors (Lipinski definition) is 1. The van der Waals surface area contributed by atoms with E-state index in [2.05, 4.69) is 58.8 Å². The van der Waals surface area contributed by atoms with Crippen molar-refractivity contribution in [3.05, 3.63) is 36.0 Å². The number of likely N-dealkylation sites (tertiary alicyclic amines) is 1. The molecule has 1 aliphatic carbocycles. The summed E-state index contributed by atoms with van der Waals surface area (Å²) in [5.74, 6) is 1.42. The maximum absolute atomic E-state index is 6.22. The first kappa shape index (κ1) is 25.9. The molecule has 7 nitrogen and oxygen atoms in total. The van der Waals surface area contributed by atoms with E-state index in [0.717, 1.165) is 80.6 Å². The van der Waals surface area contributed by atoms with Crippen LogP contribution in [0.2, 0.25) is 0 Å². The minimum absolute atomic E-state index is 0.210. The third-order valence-electron chi connectivity index (χ3n) is 7.54. The smallest absolute Gasteiger partial charge is 0.257 e. The third kappa shape index (κ3) is 7.15. The summed E-state index contributed by atoms with van der Waals surface area (Å²) in [5, 5.41) is 8.88. The summed E-state index contributed by atoms with van der Waals surface area (Å²) in [7, 11) is 3.93. The molecule has 0 atom stereocenters. The third-order valence-corrected chi connectivity index (χ3v) is 7.54. The summed E-state index contributed by atoms with van der Waals surface area (Å²) in [6.07, 6.45) is 11.6. The van der Waals surface area contributed by atoms with Gasteiger partial charge in [-0.3, -0.25) is 0 Å². The van der Waals surface area contributed by atoms with E-state index in [1.54, 1.807) is 7.11 Å². The highest BCUT2D eigenvalue weighted by molar-refractivity contribution is 5.67. The fourth-order valence-electron chi connectivity index (χ4n) is 5.04. The van der Waals surface area contributed by atoms with Crippen molar-refractivity contribution < 1.29 is 14.3 Å². The minimum Gasteiger partial charge on any atom is -0.490 e. The monoisotopic (exact) mass is 482 g/mol. The van der Waals surface area contributed by atoms with E-state index in [9.17, 15) is 0 Å². The lowest BCUT2D eigenvalue weighted by Crippen LogP contribution is -2.50. The summed E-state index contributed by atoms with van der Waals surface area (Å²) in [6, 6.07) is 10.4. The van der Waals surface area contributed by atoms with Crippen LogP contribution in [-0.2, 0) is 11.2 Å². The lowest BCUT2D eigenvalue weighted by molar-refractivity contribution is -0.0668.